The minimum absolute atomic E-state index is 0.132. The van der Waals surface area contributed by atoms with Crippen molar-refractivity contribution in [2.75, 3.05) is 32.7 Å². The Balaban J connectivity index is 1.91. The third kappa shape index (κ3) is 2.76. The van der Waals surface area contributed by atoms with E-state index in [4.69, 9.17) is 0 Å². The van der Waals surface area contributed by atoms with E-state index in [1.165, 1.54) is 0 Å². The SMILES string of the molecule is CCN1CCN(C(=O)c2cc(C)nc3ccccc23)CC1. The number of rotatable bonds is 2. The Morgan fingerprint density at radius 1 is 1.19 bits per heavy atom. The summed E-state index contributed by atoms with van der Waals surface area (Å²) >= 11 is 0. The summed E-state index contributed by atoms with van der Waals surface area (Å²) in [5.74, 6) is 0.132. The summed E-state index contributed by atoms with van der Waals surface area (Å²) in [6.45, 7) is 8.70. The molecule has 2 aromatic rings. The number of amides is 1. The molecule has 1 saturated heterocycles. The number of fused-ring (bicyclic) bond motifs is 1. The smallest absolute Gasteiger partial charge is 0.254 e. The van der Waals surface area contributed by atoms with Gasteiger partial charge in [0.1, 0.15) is 0 Å². The number of carbonyl (C=O) groups is 1. The maximum absolute atomic E-state index is 12.8. The lowest BCUT2D eigenvalue weighted by Crippen LogP contribution is -2.48. The Labute approximate surface area is 125 Å². The summed E-state index contributed by atoms with van der Waals surface area (Å²) in [6.07, 6.45) is 0. The highest BCUT2D eigenvalue weighted by atomic mass is 16.2. The van der Waals surface area contributed by atoms with Gasteiger partial charge in [-0.05, 0) is 25.6 Å². The van der Waals surface area contributed by atoms with Crippen LogP contribution in [-0.2, 0) is 0 Å². The first-order valence-corrected chi connectivity index (χ1v) is 7.57. The molecule has 0 aliphatic carbocycles. The molecule has 1 fully saturated rings. The number of benzene rings is 1. The molecule has 4 nitrogen and oxygen atoms in total. The van der Waals surface area contributed by atoms with Crippen LogP contribution in [0.4, 0.5) is 0 Å². The lowest BCUT2D eigenvalue weighted by atomic mass is 10.1. The van der Waals surface area contributed by atoms with Crippen molar-refractivity contribution in [3.63, 3.8) is 0 Å². The molecule has 1 aliphatic rings. The summed E-state index contributed by atoms with van der Waals surface area (Å²) in [4.78, 5) is 21.7. The van der Waals surface area contributed by atoms with Crippen molar-refractivity contribution in [1.29, 1.82) is 0 Å². The Morgan fingerprint density at radius 2 is 1.90 bits per heavy atom. The van der Waals surface area contributed by atoms with Crippen molar-refractivity contribution in [2.45, 2.75) is 13.8 Å². The van der Waals surface area contributed by atoms with E-state index in [1.807, 2.05) is 42.2 Å². The predicted molar refractivity (Wildman–Crippen MR) is 84.5 cm³/mol. The van der Waals surface area contributed by atoms with Gasteiger partial charge in [-0.1, -0.05) is 25.1 Å². The summed E-state index contributed by atoms with van der Waals surface area (Å²) in [5.41, 5.74) is 2.57. The van der Waals surface area contributed by atoms with E-state index in [1.54, 1.807) is 0 Å². The van der Waals surface area contributed by atoms with Crippen molar-refractivity contribution >= 4 is 16.8 Å². The molecule has 0 bridgehead atoms. The van der Waals surface area contributed by atoms with Crippen LogP contribution in [0.5, 0.6) is 0 Å². The van der Waals surface area contributed by atoms with E-state index in [0.717, 1.165) is 54.9 Å². The summed E-state index contributed by atoms with van der Waals surface area (Å²) in [7, 11) is 0. The number of nitrogens with zero attached hydrogens (tertiary/aromatic N) is 3. The second kappa shape index (κ2) is 5.82. The fourth-order valence-electron chi connectivity index (χ4n) is 2.92. The van der Waals surface area contributed by atoms with Gasteiger partial charge in [0.15, 0.2) is 0 Å². The normalized spacial score (nSPS) is 16.4. The number of piperazine rings is 1. The summed E-state index contributed by atoms with van der Waals surface area (Å²) in [6, 6.07) is 9.79. The first kappa shape index (κ1) is 14.0. The highest BCUT2D eigenvalue weighted by molar-refractivity contribution is 6.06. The van der Waals surface area contributed by atoms with Crippen LogP contribution in [0.15, 0.2) is 30.3 Å². The van der Waals surface area contributed by atoms with Crippen LogP contribution in [0, 0.1) is 6.92 Å². The van der Waals surface area contributed by atoms with Gasteiger partial charge in [-0.25, -0.2) is 0 Å². The zero-order chi connectivity index (χ0) is 14.8. The fraction of sp³-hybridized carbons (Fsp3) is 0.412. The van der Waals surface area contributed by atoms with Gasteiger partial charge in [-0.2, -0.15) is 0 Å². The van der Waals surface area contributed by atoms with E-state index in [0.29, 0.717) is 0 Å². The van der Waals surface area contributed by atoms with E-state index >= 15 is 0 Å². The van der Waals surface area contributed by atoms with Crippen LogP contribution in [0.3, 0.4) is 0 Å². The Bertz CT molecular complexity index is 660. The van der Waals surface area contributed by atoms with E-state index in [2.05, 4.69) is 16.8 Å². The topological polar surface area (TPSA) is 36.4 Å². The Morgan fingerprint density at radius 3 is 2.62 bits per heavy atom. The monoisotopic (exact) mass is 283 g/mol. The van der Waals surface area contributed by atoms with E-state index in [-0.39, 0.29) is 5.91 Å². The Hall–Kier alpha value is -1.94. The molecule has 1 aliphatic heterocycles. The summed E-state index contributed by atoms with van der Waals surface area (Å²) < 4.78 is 0. The van der Waals surface area contributed by atoms with Crippen LogP contribution < -0.4 is 0 Å². The van der Waals surface area contributed by atoms with Gasteiger partial charge in [0.2, 0.25) is 0 Å². The molecule has 1 aromatic heterocycles. The fourth-order valence-corrected chi connectivity index (χ4v) is 2.92. The quantitative estimate of drug-likeness (QED) is 0.848. The molecule has 1 amide bonds. The van der Waals surface area contributed by atoms with Gasteiger partial charge < -0.3 is 9.80 Å². The zero-order valence-corrected chi connectivity index (χ0v) is 12.7. The minimum atomic E-state index is 0.132. The number of carbonyl (C=O) groups excluding carboxylic acids is 1. The molecule has 0 atom stereocenters. The number of pyridine rings is 1. The van der Waals surface area contributed by atoms with Gasteiger partial charge in [0.05, 0.1) is 11.1 Å². The van der Waals surface area contributed by atoms with Crippen LogP contribution in [-0.4, -0.2) is 53.4 Å². The maximum Gasteiger partial charge on any atom is 0.254 e. The van der Waals surface area contributed by atoms with E-state index < -0.39 is 0 Å². The third-order valence-corrected chi connectivity index (χ3v) is 4.18. The van der Waals surface area contributed by atoms with Crippen molar-refractivity contribution in [3.8, 4) is 0 Å². The average Bonchev–Trinajstić information content (AvgIpc) is 2.53. The molecular weight excluding hydrogens is 262 g/mol. The Kier molecular flexibility index (Phi) is 3.88. The van der Waals surface area contributed by atoms with Crippen molar-refractivity contribution in [3.05, 3.63) is 41.6 Å². The van der Waals surface area contributed by atoms with Crippen molar-refractivity contribution < 1.29 is 4.79 Å². The zero-order valence-electron chi connectivity index (χ0n) is 12.7. The number of para-hydroxylation sites is 1. The number of hydrogen-bond donors (Lipinski definition) is 0. The number of hydrogen-bond acceptors (Lipinski definition) is 3. The predicted octanol–water partition coefficient (Wildman–Crippen LogP) is 2.32. The molecule has 110 valence electrons. The molecule has 0 unspecified atom stereocenters. The van der Waals surface area contributed by atoms with Gasteiger partial charge in [0, 0.05) is 37.3 Å². The molecule has 4 heteroatoms. The molecule has 2 heterocycles. The van der Waals surface area contributed by atoms with Gasteiger partial charge in [0.25, 0.3) is 5.91 Å². The molecule has 0 saturated carbocycles. The van der Waals surface area contributed by atoms with E-state index in [9.17, 15) is 4.79 Å². The number of aromatic nitrogens is 1. The van der Waals surface area contributed by atoms with Crippen LogP contribution >= 0.6 is 0 Å². The van der Waals surface area contributed by atoms with Crippen molar-refractivity contribution in [2.24, 2.45) is 0 Å². The largest absolute Gasteiger partial charge is 0.336 e. The highest BCUT2D eigenvalue weighted by Gasteiger charge is 2.23. The number of aryl methyl sites for hydroxylation is 1. The molecule has 1 aromatic carbocycles. The molecule has 0 N–H and O–H groups in total. The van der Waals surface area contributed by atoms with Crippen LogP contribution in [0.2, 0.25) is 0 Å². The molecule has 0 spiro atoms. The van der Waals surface area contributed by atoms with Crippen molar-refractivity contribution in [1.82, 2.24) is 14.8 Å². The standard InChI is InChI=1S/C17H21N3O/c1-3-19-8-10-20(11-9-19)17(21)15-12-13(2)18-16-7-5-4-6-14(15)16/h4-7,12H,3,8-11H2,1-2H3. The first-order valence-electron chi connectivity index (χ1n) is 7.57. The van der Waals surface area contributed by atoms with Gasteiger partial charge >= 0.3 is 0 Å². The van der Waals surface area contributed by atoms with Crippen LogP contribution in [0.1, 0.15) is 23.0 Å². The molecule has 21 heavy (non-hydrogen) atoms. The van der Waals surface area contributed by atoms with Crippen LogP contribution in [0.25, 0.3) is 10.9 Å². The van der Waals surface area contributed by atoms with Gasteiger partial charge in [-0.3, -0.25) is 9.78 Å². The van der Waals surface area contributed by atoms with Gasteiger partial charge in [-0.15, -0.1) is 0 Å². The third-order valence-electron chi connectivity index (χ3n) is 4.18. The second-order valence-electron chi connectivity index (χ2n) is 5.55. The lowest BCUT2D eigenvalue weighted by molar-refractivity contribution is 0.0645. The molecule has 3 rings (SSSR count). The average molecular weight is 283 g/mol. The summed E-state index contributed by atoms with van der Waals surface area (Å²) in [5, 5.41) is 0.950. The maximum atomic E-state index is 12.8. The molecular formula is C17H21N3O. The molecule has 0 radical (unpaired) electrons. The number of likely N-dealkylation sites (N-methyl/N-ethyl adjacent to an activating group) is 1. The second-order valence-corrected chi connectivity index (χ2v) is 5.55. The first-order chi connectivity index (χ1) is 10.2. The minimum Gasteiger partial charge on any atom is -0.336 e. The highest BCUT2D eigenvalue weighted by Crippen LogP contribution is 2.20. The lowest BCUT2D eigenvalue weighted by Gasteiger charge is -2.34.